The minimum atomic E-state index is 0.157. The zero-order chi connectivity index (χ0) is 11.1. The van der Waals surface area contributed by atoms with Gasteiger partial charge in [-0.25, -0.2) is 0 Å². The van der Waals surface area contributed by atoms with Gasteiger partial charge in [-0.2, -0.15) is 0 Å². The number of rotatable bonds is 0. The molecule has 0 radical (unpaired) electrons. The van der Waals surface area contributed by atoms with Crippen molar-refractivity contribution < 1.29 is 4.79 Å². The Morgan fingerprint density at radius 2 is 1.25 bits per heavy atom. The van der Waals surface area contributed by atoms with Crippen molar-refractivity contribution in [2.75, 3.05) is 0 Å². The first-order chi connectivity index (χ1) is 7.79. The maximum absolute atomic E-state index is 12.3. The van der Waals surface area contributed by atoms with Crippen molar-refractivity contribution in [1.82, 2.24) is 0 Å². The first-order valence-corrected chi connectivity index (χ1v) is 5.51. The van der Waals surface area contributed by atoms with Gasteiger partial charge in [0, 0.05) is 17.0 Å². The maximum Gasteiger partial charge on any atom is 0.193 e. The Morgan fingerprint density at radius 3 is 1.75 bits per heavy atom. The van der Waals surface area contributed by atoms with Crippen LogP contribution in [-0.2, 0) is 0 Å². The van der Waals surface area contributed by atoms with Crippen molar-refractivity contribution in [1.29, 1.82) is 0 Å². The van der Waals surface area contributed by atoms with E-state index in [4.69, 9.17) is 0 Å². The van der Waals surface area contributed by atoms with Crippen molar-refractivity contribution in [2.24, 2.45) is 0 Å². The second kappa shape index (κ2) is 3.31. The number of hydrogen-bond acceptors (Lipinski definition) is 1. The molecule has 2 aromatic rings. The highest BCUT2D eigenvalue weighted by molar-refractivity contribution is 6.12. The lowest BCUT2D eigenvalue weighted by Gasteiger charge is -2.24. The van der Waals surface area contributed by atoms with Gasteiger partial charge >= 0.3 is 0 Å². The molecule has 0 unspecified atom stereocenters. The largest absolute Gasteiger partial charge is 0.289 e. The van der Waals surface area contributed by atoms with E-state index in [-0.39, 0.29) is 5.78 Å². The summed E-state index contributed by atoms with van der Waals surface area (Å²) in [5, 5.41) is 0. The van der Waals surface area contributed by atoms with Gasteiger partial charge in [0.2, 0.25) is 0 Å². The van der Waals surface area contributed by atoms with E-state index in [2.05, 4.69) is 6.92 Å². The zero-order valence-electron chi connectivity index (χ0n) is 9.10. The van der Waals surface area contributed by atoms with Crippen LogP contribution in [-0.4, -0.2) is 5.78 Å². The van der Waals surface area contributed by atoms with Crippen LogP contribution in [0.4, 0.5) is 0 Å². The average molecular weight is 208 g/mol. The summed E-state index contributed by atoms with van der Waals surface area (Å²) in [7, 11) is 0. The lowest BCUT2D eigenvalue weighted by molar-refractivity contribution is 0.103. The number of carbonyl (C=O) groups is 1. The summed E-state index contributed by atoms with van der Waals surface area (Å²) in [5.74, 6) is 0.467. The molecule has 0 aromatic heterocycles. The molecule has 0 atom stereocenters. The molecule has 0 saturated heterocycles. The fraction of sp³-hybridized carbons (Fsp3) is 0.133. The molecule has 0 saturated carbocycles. The van der Waals surface area contributed by atoms with Gasteiger partial charge < -0.3 is 0 Å². The predicted molar refractivity (Wildman–Crippen MR) is 63.8 cm³/mol. The van der Waals surface area contributed by atoms with E-state index in [0.29, 0.717) is 5.92 Å². The smallest absolute Gasteiger partial charge is 0.193 e. The van der Waals surface area contributed by atoms with Crippen molar-refractivity contribution >= 4 is 5.78 Å². The third kappa shape index (κ3) is 1.15. The van der Waals surface area contributed by atoms with Gasteiger partial charge in [-0.15, -0.1) is 0 Å². The molecule has 0 N–H and O–H groups in total. The third-order valence-electron chi connectivity index (χ3n) is 3.34. The monoisotopic (exact) mass is 208 g/mol. The SMILES string of the molecule is CC1c2ccccc2C(=O)c2ccccc21. The van der Waals surface area contributed by atoms with Gasteiger partial charge in [0.15, 0.2) is 5.78 Å². The van der Waals surface area contributed by atoms with Gasteiger partial charge in [-0.05, 0) is 11.1 Å². The summed E-state index contributed by atoms with van der Waals surface area (Å²) in [6.45, 7) is 2.16. The first-order valence-electron chi connectivity index (χ1n) is 5.51. The average Bonchev–Trinajstić information content (AvgIpc) is 2.36. The van der Waals surface area contributed by atoms with Crippen LogP contribution in [0.1, 0.15) is 39.9 Å². The summed E-state index contributed by atoms with van der Waals surface area (Å²) in [5.41, 5.74) is 4.00. The molecule has 0 heterocycles. The van der Waals surface area contributed by atoms with E-state index < -0.39 is 0 Å². The predicted octanol–water partition coefficient (Wildman–Crippen LogP) is 3.38. The molecule has 0 fully saturated rings. The lowest BCUT2D eigenvalue weighted by atomic mass is 9.78. The van der Waals surface area contributed by atoms with Crippen molar-refractivity contribution in [2.45, 2.75) is 12.8 Å². The number of ketones is 1. The third-order valence-corrected chi connectivity index (χ3v) is 3.34. The van der Waals surface area contributed by atoms with Gasteiger partial charge in [0.1, 0.15) is 0 Å². The number of benzene rings is 2. The Labute approximate surface area is 94.7 Å². The molecule has 0 spiro atoms. The van der Waals surface area contributed by atoms with Crippen LogP contribution in [0.25, 0.3) is 0 Å². The van der Waals surface area contributed by atoms with E-state index in [1.807, 2.05) is 48.5 Å². The molecule has 1 heteroatoms. The second-order valence-corrected chi connectivity index (χ2v) is 4.23. The normalized spacial score (nSPS) is 14.4. The number of fused-ring (bicyclic) bond motifs is 2. The molecule has 2 aromatic carbocycles. The standard InChI is InChI=1S/C15H12O/c1-10-11-6-2-4-8-13(11)15(16)14-9-5-3-7-12(10)14/h2-10H,1H3. The van der Waals surface area contributed by atoms with Crippen LogP contribution in [0.2, 0.25) is 0 Å². The molecule has 0 aliphatic heterocycles. The van der Waals surface area contributed by atoms with Crippen LogP contribution in [0.5, 0.6) is 0 Å². The quantitative estimate of drug-likeness (QED) is 0.648. The van der Waals surface area contributed by atoms with Gasteiger partial charge in [0.25, 0.3) is 0 Å². The fourth-order valence-electron chi connectivity index (χ4n) is 2.48. The summed E-state index contributed by atoms with van der Waals surface area (Å²) in [6.07, 6.45) is 0. The van der Waals surface area contributed by atoms with E-state index in [9.17, 15) is 4.79 Å². The molecule has 16 heavy (non-hydrogen) atoms. The Kier molecular flexibility index (Phi) is 1.93. The van der Waals surface area contributed by atoms with Crippen LogP contribution >= 0.6 is 0 Å². The highest BCUT2D eigenvalue weighted by Gasteiger charge is 2.27. The van der Waals surface area contributed by atoms with E-state index in [0.717, 1.165) is 22.3 Å². The molecule has 1 aliphatic carbocycles. The molecule has 0 bridgehead atoms. The molecular weight excluding hydrogens is 196 g/mol. The Morgan fingerprint density at radius 1 is 0.812 bits per heavy atom. The summed E-state index contributed by atoms with van der Waals surface area (Å²) < 4.78 is 0. The number of carbonyl (C=O) groups excluding carboxylic acids is 1. The van der Waals surface area contributed by atoms with Crippen molar-refractivity contribution in [3.63, 3.8) is 0 Å². The van der Waals surface area contributed by atoms with Crippen LogP contribution in [0, 0.1) is 0 Å². The molecule has 0 amide bonds. The van der Waals surface area contributed by atoms with E-state index in [1.165, 1.54) is 0 Å². The van der Waals surface area contributed by atoms with Crippen molar-refractivity contribution in [3.8, 4) is 0 Å². The Balaban J connectivity index is 2.30. The lowest BCUT2D eigenvalue weighted by Crippen LogP contribution is -2.17. The summed E-state index contributed by atoms with van der Waals surface area (Å²) in [6, 6.07) is 15.8. The Hall–Kier alpha value is -1.89. The van der Waals surface area contributed by atoms with Gasteiger partial charge in [0.05, 0.1) is 0 Å². The minimum absolute atomic E-state index is 0.157. The molecule has 1 nitrogen and oxygen atoms in total. The fourth-order valence-corrected chi connectivity index (χ4v) is 2.48. The van der Waals surface area contributed by atoms with Crippen LogP contribution in [0.3, 0.4) is 0 Å². The highest BCUT2D eigenvalue weighted by atomic mass is 16.1. The van der Waals surface area contributed by atoms with Crippen LogP contribution < -0.4 is 0 Å². The van der Waals surface area contributed by atoms with Gasteiger partial charge in [-0.3, -0.25) is 4.79 Å². The van der Waals surface area contributed by atoms with E-state index >= 15 is 0 Å². The number of hydrogen-bond donors (Lipinski definition) is 0. The topological polar surface area (TPSA) is 17.1 Å². The maximum atomic E-state index is 12.3. The molecular formula is C15H12O. The Bertz CT molecular complexity index is 520. The van der Waals surface area contributed by atoms with Crippen molar-refractivity contribution in [3.05, 3.63) is 70.8 Å². The summed E-state index contributed by atoms with van der Waals surface area (Å²) >= 11 is 0. The molecule has 78 valence electrons. The highest BCUT2D eigenvalue weighted by Crippen LogP contribution is 2.35. The van der Waals surface area contributed by atoms with Gasteiger partial charge in [-0.1, -0.05) is 55.5 Å². The molecule has 1 aliphatic rings. The second-order valence-electron chi connectivity index (χ2n) is 4.23. The first kappa shape index (κ1) is 9.34. The minimum Gasteiger partial charge on any atom is -0.289 e. The van der Waals surface area contributed by atoms with E-state index in [1.54, 1.807) is 0 Å². The van der Waals surface area contributed by atoms with Crippen LogP contribution in [0.15, 0.2) is 48.5 Å². The molecule has 3 rings (SSSR count). The summed E-state index contributed by atoms with van der Waals surface area (Å²) in [4.78, 5) is 12.3. The zero-order valence-corrected chi connectivity index (χ0v) is 9.10.